The molecule has 0 spiro atoms. The normalized spacial score (nSPS) is 11.0. The van der Waals surface area contributed by atoms with Crippen molar-refractivity contribution in [1.82, 2.24) is 4.90 Å². The fraction of sp³-hybridized carbons (Fsp3) is 0.533. The molecule has 0 atom stereocenters. The van der Waals surface area contributed by atoms with Crippen LogP contribution in [0.2, 0.25) is 0 Å². The Hall–Kier alpha value is -1.55. The summed E-state index contributed by atoms with van der Waals surface area (Å²) < 4.78 is 5.63. The van der Waals surface area contributed by atoms with E-state index in [2.05, 4.69) is 13.8 Å². The van der Waals surface area contributed by atoms with Crippen LogP contribution in [0, 0.1) is 5.92 Å². The second kappa shape index (κ2) is 7.79. The fourth-order valence-corrected chi connectivity index (χ4v) is 1.70. The zero-order valence-electron chi connectivity index (χ0n) is 11.9. The summed E-state index contributed by atoms with van der Waals surface area (Å²) in [6.45, 7) is 5.75. The number of hydrogen-bond donors (Lipinski definition) is 1. The van der Waals surface area contributed by atoms with Crippen molar-refractivity contribution in [2.24, 2.45) is 5.92 Å². The average molecular weight is 265 g/mol. The second-order valence-corrected chi connectivity index (χ2v) is 5.24. The van der Waals surface area contributed by atoms with Gasteiger partial charge in [0.25, 0.3) is 0 Å². The summed E-state index contributed by atoms with van der Waals surface area (Å²) in [4.78, 5) is 12.3. The lowest BCUT2D eigenvalue weighted by atomic mass is 10.1. The van der Waals surface area contributed by atoms with E-state index in [1.165, 1.54) is 0 Å². The maximum Gasteiger partial charge on any atom is 0.317 e. The minimum absolute atomic E-state index is 0.0483. The number of nitrogens with zero attached hydrogens (tertiary/aromatic N) is 1. The summed E-state index contributed by atoms with van der Waals surface area (Å²) in [5.74, 6) is 0.699. The standard InChI is InChI=1S/C15H23NO3/c1-12(2)8-9-19-14-6-4-13(5-7-14)10-16(3)11-15(17)18/h4-7,12H,8-11H2,1-3H3,(H,17,18). The molecule has 0 aliphatic heterocycles. The fourth-order valence-electron chi connectivity index (χ4n) is 1.70. The quantitative estimate of drug-likeness (QED) is 0.785. The van der Waals surface area contributed by atoms with Crippen LogP contribution in [-0.2, 0) is 11.3 Å². The van der Waals surface area contributed by atoms with E-state index < -0.39 is 5.97 Å². The minimum atomic E-state index is -0.809. The van der Waals surface area contributed by atoms with Gasteiger partial charge in [-0.1, -0.05) is 26.0 Å². The van der Waals surface area contributed by atoms with E-state index in [4.69, 9.17) is 9.84 Å². The van der Waals surface area contributed by atoms with Gasteiger partial charge in [0.15, 0.2) is 0 Å². The minimum Gasteiger partial charge on any atom is -0.494 e. The molecule has 4 heteroatoms. The zero-order chi connectivity index (χ0) is 14.3. The number of carbonyl (C=O) groups is 1. The van der Waals surface area contributed by atoms with E-state index >= 15 is 0 Å². The van der Waals surface area contributed by atoms with Crippen molar-refractivity contribution in [3.63, 3.8) is 0 Å². The Labute approximate surface area is 115 Å². The lowest BCUT2D eigenvalue weighted by molar-refractivity contribution is -0.138. The third kappa shape index (κ3) is 6.82. The van der Waals surface area contributed by atoms with Crippen LogP contribution in [-0.4, -0.2) is 36.2 Å². The monoisotopic (exact) mass is 265 g/mol. The van der Waals surface area contributed by atoms with Gasteiger partial charge in [0.1, 0.15) is 5.75 Å². The van der Waals surface area contributed by atoms with E-state index in [0.717, 1.165) is 24.3 Å². The Morgan fingerprint density at radius 2 is 1.95 bits per heavy atom. The van der Waals surface area contributed by atoms with Crippen LogP contribution in [0.4, 0.5) is 0 Å². The van der Waals surface area contributed by atoms with Crippen molar-refractivity contribution in [3.05, 3.63) is 29.8 Å². The largest absolute Gasteiger partial charge is 0.494 e. The Balaban J connectivity index is 2.40. The molecule has 0 aliphatic carbocycles. The lowest BCUT2D eigenvalue weighted by Crippen LogP contribution is -2.25. The molecule has 0 aliphatic rings. The van der Waals surface area contributed by atoms with Crippen LogP contribution in [0.5, 0.6) is 5.75 Å². The molecule has 0 aromatic heterocycles. The molecule has 106 valence electrons. The molecule has 0 radical (unpaired) electrons. The van der Waals surface area contributed by atoms with Gasteiger partial charge in [0, 0.05) is 6.54 Å². The third-order valence-electron chi connectivity index (χ3n) is 2.74. The molecule has 0 unspecified atom stereocenters. The highest BCUT2D eigenvalue weighted by Gasteiger charge is 2.05. The molecule has 0 fully saturated rings. The summed E-state index contributed by atoms with van der Waals surface area (Å²) in [5, 5.41) is 8.69. The lowest BCUT2D eigenvalue weighted by Gasteiger charge is -2.14. The number of rotatable bonds is 8. The van der Waals surface area contributed by atoms with E-state index in [1.54, 1.807) is 11.9 Å². The SMILES string of the molecule is CC(C)CCOc1ccc(CN(C)CC(=O)O)cc1. The van der Waals surface area contributed by atoms with Gasteiger partial charge >= 0.3 is 5.97 Å². The molecular weight excluding hydrogens is 242 g/mol. The van der Waals surface area contributed by atoms with Crippen molar-refractivity contribution >= 4 is 5.97 Å². The zero-order valence-corrected chi connectivity index (χ0v) is 11.9. The Morgan fingerprint density at radius 1 is 1.32 bits per heavy atom. The van der Waals surface area contributed by atoms with Crippen LogP contribution < -0.4 is 4.74 Å². The smallest absolute Gasteiger partial charge is 0.317 e. The van der Waals surface area contributed by atoms with Gasteiger partial charge in [-0.05, 0) is 37.1 Å². The number of ether oxygens (including phenoxy) is 1. The molecule has 1 aromatic rings. The number of hydrogen-bond acceptors (Lipinski definition) is 3. The molecule has 0 saturated heterocycles. The van der Waals surface area contributed by atoms with Crippen LogP contribution >= 0.6 is 0 Å². The van der Waals surface area contributed by atoms with Gasteiger partial charge in [-0.25, -0.2) is 0 Å². The number of carboxylic acid groups (broad SMARTS) is 1. The summed E-state index contributed by atoms with van der Waals surface area (Å²) in [7, 11) is 1.79. The number of aliphatic carboxylic acids is 1. The predicted octanol–water partition coefficient (Wildman–Crippen LogP) is 2.63. The van der Waals surface area contributed by atoms with Gasteiger partial charge in [-0.15, -0.1) is 0 Å². The number of likely N-dealkylation sites (N-methyl/N-ethyl adjacent to an activating group) is 1. The van der Waals surface area contributed by atoms with Crippen molar-refractivity contribution in [3.8, 4) is 5.75 Å². The van der Waals surface area contributed by atoms with Gasteiger partial charge in [0.05, 0.1) is 13.2 Å². The Morgan fingerprint density at radius 3 is 2.47 bits per heavy atom. The average Bonchev–Trinajstić information content (AvgIpc) is 2.29. The maximum absolute atomic E-state index is 10.6. The first-order chi connectivity index (χ1) is 8.97. The van der Waals surface area contributed by atoms with Crippen molar-refractivity contribution in [2.75, 3.05) is 20.2 Å². The third-order valence-corrected chi connectivity index (χ3v) is 2.74. The van der Waals surface area contributed by atoms with E-state index in [-0.39, 0.29) is 6.54 Å². The van der Waals surface area contributed by atoms with Gasteiger partial charge in [0.2, 0.25) is 0 Å². The first-order valence-corrected chi connectivity index (χ1v) is 6.59. The van der Waals surface area contributed by atoms with Crippen LogP contribution in [0.15, 0.2) is 24.3 Å². The molecule has 0 bridgehead atoms. The highest BCUT2D eigenvalue weighted by molar-refractivity contribution is 5.69. The molecule has 1 N–H and O–H groups in total. The first-order valence-electron chi connectivity index (χ1n) is 6.59. The molecule has 1 aromatic carbocycles. The molecule has 1 rings (SSSR count). The van der Waals surface area contributed by atoms with Gasteiger partial charge in [-0.3, -0.25) is 9.69 Å². The van der Waals surface area contributed by atoms with Crippen molar-refractivity contribution in [1.29, 1.82) is 0 Å². The number of benzene rings is 1. The predicted molar refractivity (Wildman–Crippen MR) is 75.4 cm³/mol. The molecule has 0 saturated carbocycles. The molecule has 0 amide bonds. The van der Waals surface area contributed by atoms with E-state index in [0.29, 0.717) is 12.5 Å². The van der Waals surface area contributed by atoms with Crippen LogP contribution in [0.25, 0.3) is 0 Å². The molecule has 19 heavy (non-hydrogen) atoms. The summed E-state index contributed by atoms with van der Waals surface area (Å²) in [6, 6.07) is 7.82. The maximum atomic E-state index is 10.6. The summed E-state index contributed by atoms with van der Waals surface area (Å²) in [6.07, 6.45) is 1.04. The molecule has 0 heterocycles. The van der Waals surface area contributed by atoms with Crippen LogP contribution in [0.1, 0.15) is 25.8 Å². The first kappa shape index (κ1) is 15.5. The van der Waals surface area contributed by atoms with E-state index in [1.807, 2.05) is 24.3 Å². The highest BCUT2D eigenvalue weighted by Crippen LogP contribution is 2.14. The van der Waals surface area contributed by atoms with Crippen LogP contribution in [0.3, 0.4) is 0 Å². The summed E-state index contributed by atoms with van der Waals surface area (Å²) >= 11 is 0. The van der Waals surface area contributed by atoms with Gasteiger partial charge in [-0.2, -0.15) is 0 Å². The Kier molecular flexibility index (Phi) is 6.36. The Bertz CT molecular complexity index is 387. The molecular formula is C15H23NO3. The van der Waals surface area contributed by atoms with Crippen molar-refractivity contribution < 1.29 is 14.6 Å². The second-order valence-electron chi connectivity index (χ2n) is 5.24. The summed E-state index contributed by atoms with van der Waals surface area (Å²) in [5.41, 5.74) is 1.08. The number of carboxylic acids is 1. The van der Waals surface area contributed by atoms with Crippen molar-refractivity contribution in [2.45, 2.75) is 26.8 Å². The topological polar surface area (TPSA) is 49.8 Å². The van der Waals surface area contributed by atoms with Gasteiger partial charge < -0.3 is 9.84 Å². The van der Waals surface area contributed by atoms with E-state index in [9.17, 15) is 4.79 Å². The highest BCUT2D eigenvalue weighted by atomic mass is 16.5. The molecule has 4 nitrogen and oxygen atoms in total.